The Kier molecular flexibility index (Phi) is 5.31. The molecule has 1 heterocycles. The second-order valence-corrected chi connectivity index (χ2v) is 5.71. The van der Waals surface area contributed by atoms with Gasteiger partial charge in [0.2, 0.25) is 5.91 Å². The van der Waals surface area contributed by atoms with Crippen molar-refractivity contribution in [2.45, 2.75) is 45.6 Å². The zero-order valence-electron chi connectivity index (χ0n) is 13.1. The first-order chi connectivity index (χ1) is 10.5. The predicted molar refractivity (Wildman–Crippen MR) is 83.6 cm³/mol. The van der Waals surface area contributed by atoms with Crippen molar-refractivity contribution in [3.05, 3.63) is 35.4 Å². The SMILES string of the molecule is CCCCC[C@H](C)NC(=O)CN1C(=O)c2ccccc2C1=O. The van der Waals surface area contributed by atoms with Crippen LogP contribution in [0.5, 0.6) is 0 Å². The molecule has 1 aliphatic rings. The Labute approximate surface area is 130 Å². The van der Waals surface area contributed by atoms with Crippen LogP contribution in [-0.4, -0.2) is 35.2 Å². The molecule has 118 valence electrons. The number of hydrogen-bond acceptors (Lipinski definition) is 3. The number of carbonyl (C=O) groups excluding carboxylic acids is 3. The molecule has 1 aliphatic heterocycles. The zero-order chi connectivity index (χ0) is 16.1. The van der Waals surface area contributed by atoms with E-state index in [0.717, 1.165) is 30.6 Å². The molecule has 1 atom stereocenters. The van der Waals surface area contributed by atoms with Crippen LogP contribution in [0.15, 0.2) is 24.3 Å². The largest absolute Gasteiger partial charge is 0.352 e. The highest BCUT2D eigenvalue weighted by atomic mass is 16.2. The van der Waals surface area contributed by atoms with E-state index in [1.54, 1.807) is 24.3 Å². The minimum atomic E-state index is -0.394. The minimum Gasteiger partial charge on any atom is -0.352 e. The van der Waals surface area contributed by atoms with E-state index in [0.29, 0.717) is 11.1 Å². The van der Waals surface area contributed by atoms with Gasteiger partial charge >= 0.3 is 0 Å². The summed E-state index contributed by atoms with van der Waals surface area (Å²) in [5.41, 5.74) is 0.743. The van der Waals surface area contributed by atoms with E-state index in [9.17, 15) is 14.4 Å². The van der Waals surface area contributed by atoms with Gasteiger partial charge in [-0.05, 0) is 25.5 Å². The number of unbranched alkanes of at least 4 members (excludes halogenated alkanes) is 2. The molecule has 0 unspecified atom stereocenters. The zero-order valence-corrected chi connectivity index (χ0v) is 13.1. The average molecular weight is 302 g/mol. The molecule has 0 spiro atoms. The summed E-state index contributed by atoms with van der Waals surface area (Å²) in [7, 11) is 0. The number of hydrogen-bond donors (Lipinski definition) is 1. The van der Waals surface area contributed by atoms with E-state index in [1.807, 2.05) is 6.92 Å². The van der Waals surface area contributed by atoms with Crippen molar-refractivity contribution >= 4 is 17.7 Å². The molecule has 0 bridgehead atoms. The van der Waals surface area contributed by atoms with Crippen LogP contribution in [0.2, 0.25) is 0 Å². The van der Waals surface area contributed by atoms with Crippen molar-refractivity contribution < 1.29 is 14.4 Å². The fraction of sp³-hybridized carbons (Fsp3) is 0.471. The van der Waals surface area contributed by atoms with E-state index in [2.05, 4.69) is 12.2 Å². The third kappa shape index (κ3) is 3.53. The van der Waals surface area contributed by atoms with E-state index in [4.69, 9.17) is 0 Å². The Hall–Kier alpha value is -2.17. The van der Waals surface area contributed by atoms with Gasteiger partial charge in [-0.2, -0.15) is 0 Å². The van der Waals surface area contributed by atoms with E-state index in [1.165, 1.54) is 0 Å². The number of rotatable bonds is 7. The topological polar surface area (TPSA) is 66.5 Å². The smallest absolute Gasteiger partial charge is 0.262 e. The fourth-order valence-electron chi connectivity index (χ4n) is 2.62. The molecule has 0 aliphatic carbocycles. The monoisotopic (exact) mass is 302 g/mol. The van der Waals surface area contributed by atoms with Crippen molar-refractivity contribution in [2.75, 3.05) is 6.54 Å². The lowest BCUT2D eigenvalue weighted by Gasteiger charge is -2.17. The van der Waals surface area contributed by atoms with Crippen LogP contribution in [0.1, 0.15) is 60.2 Å². The van der Waals surface area contributed by atoms with E-state index < -0.39 is 11.8 Å². The van der Waals surface area contributed by atoms with Gasteiger partial charge in [-0.3, -0.25) is 19.3 Å². The van der Waals surface area contributed by atoms with Crippen molar-refractivity contribution in [1.82, 2.24) is 10.2 Å². The van der Waals surface area contributed by atoms with Crippen molar-refractivity contribution in [3.63, 3.8) is 0 Å². The summed E-state index contributed by atoms with van der Waals surface area (Å²) in [6.45, 7) is 3.85. The summed E-state index contributed by atoms with van der Waals surface area (Å²) in [6, 6.07) is 6.70. The number of nitrogens with one attached hydrogen (secondary N) is 1. The highest BCUT2D eigenvalue weighted by Gasteiger charge is 2.36. The van der Waals surface area contributed by atoms with Crippen LogP contribution in [0.3, 0.4) is 0 Å². The van der Waals surface area contributed by atoms with Gasteiger partial charge in [-0.25, -0.2) is 0 Å². The molecule has 0 fully saturated rings. The lowest BCUT2D eigenvalue weighted by Crippen LogP contribution is -2.43. The molecule has 5 nitrogen and oxygen atoms in total. The number of carbonyl (C=O) groups is 3. The third-order valence-corrected chi connectivity index (χ3v) is 3.83. The van der Waals surface area contributed by atoms with Crippen molar-refractivity contribution in [3.8, 4) is 0 Å². The highest BCUT2D eigenvalue weighted by molar-refractivity contribution is 6.22. The van der Waals surface area contributed by atoms with Crippen LogP contribution < -0.4 is 5.32 Å². The Morgan fingerprint density at radius 1 is 1.14 bits per heavy atom. The maximum atomic E-state index is 12.2. The lowest BCUT2D eigenvalue weighted by molar-refractivity contribution is -0.122. The second-order valence-electron chi connectivity index (χ2n) is 5.71. The van der Waals surface area contributed by atoms with Gasteiger partial charge < -0.3 is 5.32 Å². The minimum absolute atomic E-state index is 0.0502. The fourth-order valence-corrected chi connectivity index (χ4v) is 2.62. The Morgan fingerprint density at radius 2 is 1.73 bits per heavy atom. The summed E-state index contributed by atoms with van der Waals surface area (Å²) < 4.78 is 0. The number of nitrogens with zero attached hydrogens (tertiary/aromatic N) is 1. The van der Waals surface area contributed by atoms with Crippen LogP contribution in [0.4, 0.5) is 0 Å². The summed E-state index contributed by atoms with van der Waals surface area (Å²) >= 11 is 0. The molecule has 2 rings (SSSR count). The highest BCUT2D eigenvalue weighted by Crippen LogP contribution is 2.21. The van der Waals surface area contributed by atoms with Crippen LogP contribution in [0, 0.1) is 0 Å². The molecule has 22 heavy (non-hydrogen) atoms. The molecule has 0 radical (unpaired) electrons. The third-order valence-electron chi connectivity index (χ3n) is 3.83. The van der Waals surface area contributed by atoms with E-state index in [-0.39, 0.29) is 18.5 Å². The second kappa shape index (κ2) is 7.20. The first-order valence-electron chi connectivity index (χ1n) is 7.79. The van der Waals surface area contributed by atoms with Crippen molar-refractivity contribution in [1.29, 1.82) is 0 Å². The van der Waals surface area contributed by atoms with Gasteiger partial charge in [-0.15, -0.1) is 0 Å². The van der Waals surface area contributed by atoms with Gasteiger partial charge in [0, 0.05) is 6.04 Å². The Bertz CT molecular complexity index is 548. The summed E-state index contributed by atoms with van der Waals surface area (Å²) in [5, 5.41) is 2.85. The summed E-state index contributed by atoms with van der Waals surface area (Å²) in [4.78, 5) is 37.4. The Balaban J connectivity index is 1.91. The van der Waals surface area contributed by atoms with Gasteiger partial charge in [0.25, 0.3) is 11.8 Å². The van der Waals surface area contributed by atoms with Gasteiger partial charge in [0.15, 0.2) is 0 Å². The molecule has 5 heteroatoms. The quantitative estimate of drug-likeness (QED) is 0.621. The number of imide groups is 1. The number of fused-ring (bicyclic) bond motifs is 1. The molecule has 1 N–H and O–H groups in total. The average Bonchev–Trinajstić information content (AvgIpc) is 2.73. The van der Waals surface area contributed by atoms with Gasteiger partial charge in [0.05, 0.1) is 11.1 Å². The number of benzene rings is 1. The van der Waals surface area contributed by atoms with Gasteiger partial charge in [0.1, 0.15) is 6.54 Å². The Morgan fingerprint density at radius 3 is 2.27 bits per heavy atom. The normalized spacial score (nSPS) is 14.9. The molecule has 3 amide bonds. The predicted octanol–water partition coefficient (Wildman–Crippen LogP) is 2.37. The van der Waals surface area contributed by atoms with E-state index >= 15 is 0 Å². The van der Waals surface area contributed by atoms with Crippen LogP contribution in [0.25, 0.3) is 0 Å². The standard InChI is InChI=1S/C17H22N2O3/c1-3-4-5-8-12(2)18-15(20)11-19-16(21)13-9-6-7-10-14(13)17(19)22/h6-7,9-10,12H,3-5,8,11H2,1-2H3,(H,18,20)/t12-/m0/s1. The van der Waals surface area contributed by atoms with Crippen LogP contribution >= 0.6 is 0 Å². The first-order valence-corrected chi connectivity index (χ1v) is 7.79. The molecule has 0 aromatic heterocycles. The van der Waals surface area contributed by atoms with Crippen LogP contribution in [-0.2, 0) is 4.79 Å². The first kappa shape index (κ1) is 16.2. The summed E-state index contributed by atoms with van der Waals surface area (Å²) in [6.07, 6.45) is 4.24. The number of amides is 3. The summed E-state index contributed by atoms with van der Waals surface area (Å²) in [5.74, 6) is -1.08. The lowest BCUT2D eigenvalue weighted by atomic mass is 10.1. The molecule has 1 aromatic carbocycles. The van der Waals surface area contributed by atoms with Crippen molar-refractivity contribution in [2.24, 2.45) is 0 Å². The molecular formula is C17H22N2O3. The molecule has 0 saturated heterocycles. The maximum Gasteiger partial charge on any atom is 0.262 e. The molecule has 0 saturated carbocycles. The van der Waals surface area contributed by atoms with Gasteiger partial charge in [-0.1, -0.05) is 38.3 Å². The maximum absolute atomic E-state index is 12.2. The molecule has 1 aromatic rings. The molecular weight excluding hydrogens is 280 g/mol.